The third-order valence-electron chi connectivity index (χ3n) is 2.32. The van der Waals surface area contributed by atoms with Gasteiger partial charge in [-0.25, -0.2) is 4.98 Å². The predicted molar refractivity (Wildman–Crippen MR) is 68.4 cm³/mol. The zero-order valence-electron chi connectivity index (χ0n) is 9.50. The van der Waals surface area contributed by atoms with E-state index in [4.69, 9.17) is 17.3 Å². The minimum absolute atomic E-state index is 0.114. The van der Waals surface area contributed by atoms with E-state index in [-0.39, 0.29) is 10.8 Å². The summed E-state index contributed by atoms with van der Waals surface area (Å²) in [4.78, 5) is 3.67. The predicted octanol–water partition coefficient (Wildman–Crippen LogP) is 4.08. The largest absolute Gasteiger partial charge is 0.417 e. The SMILES string of the molecule is Nc1cccc(Nc2ncc(C(F)(F)F)cc2Cl)c1. The first kappa shape index (κ1) is 13.5. The lowest BCUT2D eigenvalue weighted by atomic mass is 10.2. The van der Waals surface area contributed by atoms with E-state index >= 15 is 0 Å². The maximum absolute atomic E-state index is 12.4. The summed E-state index contributed by atoms with van der Waals surface area (Å²) in [6.45, 7) is 0. The van der Waals surface area contributed by atoms with Gasteiger partial charge in [-0.2, -0.15) is 13.2 Å². The fourth-order valence-corrected chi connectivity index (χ4v) is 1.65. The molecule has 2 rings (SSSR count). The molecule has 7 heteroatoms. The van der Waals surface area contributed by atoms with Gasteiger partial charge in [-0.3, -0.25) is 0 Å². The lowest BCUT2D eigenvalue weighted by molar-refractivity contribution is -0.137. The van der Waals surface area contributed by atoms with E-state index < -0.39 is 11.7 Å². The maximum atomic E-state index is 12.4. The standard InChI is InChI=1S/C12H9ClF3N3/c13-10-4-7(12(14,15)16)6-18-11(10)19-9-3-1-2-8(17)5-9/h1-6H,17H2,(H,18,19). The number of pyridine rings is 1. The highest BCUT2D eigenvalue weighted by Crippen LogP contribution is 2.33. The van der Waals surface area contributed by atoms with Crippen LogP contribution in [-0.2, 0) is 6.18 Å². The maximum Gasteiger partial charge on any atom is 0.417 e. The number of halogens is 4. The Kier molecular flexibility index (Phi) is 3.53. The Morgan fingerprint density at radius 2 is 1.95 bits per heavy atom. The Bertz CT molecular complexity index is 599. The first-order valence-corrected chi connectivity index (χ1v) is 5.59. The van der Waals surface area contributed by atoms with Crippen molar-refractivity contribution >= 4 is 28.8 Å². The average molecular weight is 288 g/mol. The number of aromatic nitrogens is 1. The average Bonchev–Trinajstić information content (AvgIpc) is 2.30. The number of anilines is 3. The van der Waals surface area contributed by atoms with E-state index in [1.165, 1.54) is 0 Å². The molecule has 0 saturated carbocycles. The van der Waals surface area contributed by atoms with Crippen LogP contribution in [0.3, 0.4) is 0 Å². The molecule has 0 spiro atoms. The van der Waals surface area contributed by atoms with Crippen LogP contribution in [0.1, 0.15) is 5.56 Å². The van der Waals surface area contributed by atoms with Gasteiger partial charge >= 0.3 is 6.18 Å². The number of nitrogens with zero attached hydrogens (tertiary/aromatic N) is 1. The number of alkyl halides is 3. The minimum atomic E-state index is -4.47. The Balaban J connectivity index is 2.27. The zero-order valence-corrected chi connectivity index (χ0v) is 10.3. The van der Waals surface area contributed by atoms with E-state index in [1.807, 2.05) is 0 Å². The quantitative estimate of drug-likeness (QED) is 0.818. The van der Waals surface area contributed by atoms with E-state index in [0.717, 1.165) is 12.3 Å². The van der Waals surface area contributed by atoms with Crippen LogP contribution in [0.4, 0.5) is 30.4 Å². The fourth-order valence-electron chi connectivity index (χ4n) is 1.44. The lowest BCUT2D eigenvalue weighted by Crippen LogP contribution is -2.06. The van der Waals surface area contributed by atoms with Crippen LogP contribution in [0.25, 0.3) is 0 Å². The van der Waals surface area contributed by atoms with Crippen molar-refractivity contribution in [3.8, 4) is 0 Å². The van der Waals surface area contributed by atoms with Crippen molar-refractivity contribution in [1.29, 1.82) is 0 Å². The van der Waals surface area contributed by atoms with Crippen molar-refractivity contribution in [2.75, 3.05) is 11.1 Å². The fraction of sp³-hybridized carbons (Fsp3) is 0.0833. The number of hydrogen-bond acceptors (Lipinski definition) is 3. The van der Waals surface area contributed by atoms with Gasteiger partial charge in [0, 0.05) is 17.6 Å². The molecule has 0 bridgehead atoms. The molecule has 1 heterocycles. The van der Waals surface area contributed by atoms with Gasteiger partial charge in [0.15, 0.2) is 0 Å². The minimum Gasteiger partial charge on any atom is -0.399 e. The van der Waals surface area contributed by atoms with Gasteiger partial charge in [0.2, 0.25) is 0 Å². The number of nitrogens with one attached hydrogen (secondary N) is 1. The second-order valence-corrected chi connectivity index (χ2v) is 4.21. The third-order valence-corrected chi connectivity index (χ3v) is 2.61. The van der Waals surface area contributed by atoms with Gasteiger partial charge in [0.1, 0.15) is 5.82 Å². The monoisotopic (exact) mass is 287 g/mol. The van der Waals surface area contributed by atoms with Gasteiger partial charge in [-0.15, -0.1) is 0 Å². The summed E-state index contributed by atoms with van der Waals surface area (Å²) in [7, 11) is 0. The topological polar surface area (TPSA) is 50.9 Å². The summed E-state index contributed by atoms with van der Waals surface area (Å²) in [5.74, 6) is 0.139. The molecule has 0 aliphatic heterocycles. The molecule has 0 amide bonds. The van der Waals surface area contributed by atoms with Gasteiger partial charge in [-0.1, -0.05) is 17.7 Å². The summed E-state index contributed by atoms with van der Waals surface area (Å²) < 4.78 is 37.3. The molecule has 100 valence electrons. The van der Waals surface area contributed by atoms with Crippen molar-refractivity contribution in [3.63, 3.8) is 0 Å². The van der Waals surface area contributed by atoms with Crippen LogP contribution in [0.5, 0.6) is 0 Å². The van der Waals surface area contributed by atoms with Crippen LogP contribution < -0.4 is 11.1 Å². The molecular weight excluding hydrogens is 279 g/mol. The van der Waals surface area contributed by atoms with Crippen LogP contribution in [0.2, 0.25) is 5.02 Å². The molecule has 0 atom stereocenters. The summed E-state index contributed by atoms with van der Waals surface area (Å²) in [6.07, 6.45) is -3.74. The molecule has 2 aromatic rings. The zero-order chi connectivity index (χ0) is 14.0. The number of benzene rings is 1. The highest BCUT2D eigenvalue weighted by molar-refractivity contribution is 6.33. The third kappa shape index (κ3) is 3.29. The smallest absolute Gasteiger partial charge is 0.399 e. The molecule has 19 heavy (non-hydrogen) atoms. The molecule has 3 N–H and O–H groups in total. The van der Waals surface area contributed by atoms with E-state index in [9.17, 15) is 13.2 Å². The molecule has 3 nitrogen and oxygen atoms in total. The normalized spacial score (nSPS) is 11.4. The molecule has 0 fully saturated rings. The highest BCUT2D eigenvalue weighted by atomic mass is 35.5. The van der Waals surface area contributed by atoms with Gasteiger partial charge in [0.05, 0.1) is 10.6 Å². The molecule has 0 aliphatic carbocycles. The van der Waals surface area contributed by atoms with Crippen LogP contribution in [-0.4, -0.2) is 4.98 Å². The van der Waals surface area contributed by atoms with Crippen molar-refractivity contribution < 1.29 is 13.2 Å². The highest BCUT2D eigenvalue weighted by Gasteiger charge is 2.31. The van der Waals surface area contributed by atoms with Gasteiger partial charge in [-0.05, 0) is 24.3 Å². The molecule has 1 aromatic carbocycles. The Labute approximate surface area is 112 Å². The van der Waals surface area contributed by atoms with Gasteiger partial charge < -0.3 is 11.1 Å². The molecule has 0 aliphatic rings. The molecule has 0 unspecified atom stereocenters. The van der Waals surface area contributed by atoms with E-state index in [0.29, 0.717) is 11.4 Å². The van der Waals surface area contributed by atoms with Crippen LogP contribution >= 0.6 is 11.6 Å². The van der Waals surface area contributed by atoms with Crippen LogP contribution in [0.15, 0.2) is 36.5 Å². The second-order valence-electron chi connectivity index (χ2n) is 3.80. The molecule has 0 radical (unpaired) electrons. The van der Waals surface area contributed by atoms with Gasteiger partial charge in [0.25, 0.3) is 0 Å². The molecule has 0 saturated heterocycles. The van der Waals surface area contributed by atoms with Crippen LogP contribution in [0, 0.1) is 0 Å². The molecule has 1 aromatic heterocycles. The Morgan fingerprint density at radius 3 is 2.53 bits per heavy atom. The Hall–Kier alpha value is -1.95. The summed E-state index contributed by atoms with van der Waals surface area (Å²) in [6, 6.07) is 7.54. The number of hydrogen-bond donors (Lipinski definition) is 2. The molecular formula is C12H9ClF3N3. The first-order valence-electron chi connectivity index (χ1n) is 5.21. The first-order chi connectivity index (χ1) is 8.86. The number of nitrogen functional groups attached to an aromatic ring is 1. The summed E-state index contributed by atoms with van der Waals surface area (Å²) >= 11 is 5.77. The van der Waals surface area contributed by atoms with E-state index in [2.05, 4.69) is 10.3 Å². The summed E-state index contributed by atoms with van der Waals surface area (Å²) in [5.41, 5.74) is 5.81. The van der Waals surface area contributed by atoms with E-state index in [1.54, 1.807) is 24.3 Å². The van der Waals surface area contributed by atoms with Crippen molar-refractivity contribution in [2.24, 2.45) is 0 Å². The van der Waals surface area contributed by atoms with Crippen molar-refractivity contribution in [2.45, 2.75) is 6.18 Å². The second kappa shape index (κ2) is 4.97. The summed E-state index contributed by atoms with van der Waals surface area (Å²) in [5, 5.41) is 2.69. The lowest BCUT2D eigenvalue weighted by Gasteiger charge is -2.11. The van der Waals surface area contributed by atoms with Crippen molar-refractivity contribution in [1.82, 2.24) is 4.98 Å². The number of rotatable bonds is 2. The van der Waals surface area contributed by atoms with Crippen molar-refractivity contribution in [3.05, 3.63) is 47.1 Å². The Morgan fingerprint density at radius 1 is 1.21 bits per heavy atom. The number of nitrogens with two attached hydrogens (primary N) is 1.